The van der Waals surface area contributed by atoms with Crippen LogP contribution < -0.4 is 10.3 Å². The third kappa shape index (κ3) is 5.35. The second-order valence-electron chi connectivity index (χ2n) is 8.34. The van der Waals surface area contributed by atoms with E-state index >= 15 is 0 Å². The highest BCUT2D eigenvalue weighted by atomic mass is 19.1. The number of aromatic nitrogens is 1. The van der Waals surface area contributed by atoms with Gasteiger partial charge in [-0.2, -0.15) is 0 Å². The molecule has 1 heterocycles. The van der Waals surface area contributed by atoms with Crippen molar-refractivity contribution in [2.75, 3.05) is 7.11 Å². The number of hydrogen-bond donors (Lipinski definition) is 3. The van der Waals surface area contributed by atoms with E-state index in [1.54, 1.807) is 41.0 Å². The summed E-state index contributed by atoms with van der Waals surface area (Å²) in [4.78, 5) is 24.3. The second-order valence-corrected chi connectivity index (χ2v) is 8.34. The van der Waals surface area contributed by atoms with Crippen LogP contribution in [0, 0.1) is 5.82 Å². The first-order chi connectivity index (χ1) is 16.1. The van der Waals surface area contributed by atoms with Gasteiger partial charge in [0.25, 0.3) is 5.56 Å². The summed E-state index contributed by atoms with van der Waals surface area (Å²) in [5, 5.41) is 30.2. The van der Waals surface area contributed by atoms with Gasteiger partial charge in [0.05, 0.1) is 31.4 Å². The lowest BCUT2D eigenvalue weighted by atomic mass is 9.96. The molecule has 3 N–H and O–H groups in total. The van der Waals surface area contributed by atoms with Crippen LogP contribution in [0.3, 0.4) is 0 Å². The summed E-state index contributed by atoms with van der Waals surface area (Å²) in [6.07, 6.45) is 0.0908. The van der Waals surface area contributed by atoms with Crippen LogP contribution in [0.2, 0.25) is 0 Å². The number of carboxylic acids is 1. The molecule has 3 aromatic rings. The Balaban J connectivity index is 2.28. The number of hydrogen-bond acceptors (Lipinski definition) is 5. The Labute approximate surface area is 196 Å². The van der Waals surface area contributed by atoms with Crippen LogP contribution in [-0.2, 0) is 4.79 Å². The first kappa shape index (κ1) is 25.1. The van der Waals surface area contributed by atoms with Gasteiger partial charge in [-0.1, -0.05) is 30.4 Å². The molecule has 0 spiro atoms. The van der Waals surface area contributed by atoms with E-state index in [1.807, 2.05) is 13.8 Å². The van der Waals surface area contributed by atoms with Gasteiger partial charge in [0.1, 0.15) is 11.6 Å². The van der Waals surface area contributed by atoms with Gasteiger partial charge >= 0.3 is 5.97 Å². The average molecular weight is 470 g/mol. The Hall–Kier alpha value is -3.49. The van der Waals surface area contributed by atoms with Crippen molar-refractivity contribution in [3.8, 4) is 17.0 Å². The van der Waals surface area contributed by atoms with Crippen molar-refractivity contribution in [3.05, 3.63) is 70.3 Å². The number of fused-ring (bicyclic) bond motifs is 1. The van der Waals surface area contributed by atoms with Gasteiger partial charge in [0.2, 0.25) is 0 Å². The predicted octanol–water partition coefficient (Wildman–Crippen LogP) is 4.00. The summed E-state index contributed by atoms with van der Waals surface area (Å²) in [7, 11) is 1.42. The third-order valence-corrected chi connectivity index (χ3v) is 5.51. The van der Waals surface area contributed by atoms with Crippen LogP contribution in [0.25, 0.3) is 28.1 Å². The number of carbonyl (C=O) groups is 1. The number of benzene rings is 2. The molecule has 0 aliphatic carbocycles. The van der Waals surface area contributed by atoms with Crippen molar-refractivity contribution in [2.45, 2.75) is 44.9 Å². The summed E-state index contributed by atoms with van der Waals surface area (Å²) in [5.41, 5.74) is 1.37. The molecule has 180 valence electrons. The number of halogens is 1. The molecule has 0 fully saturated rings. The number of methoxy groups -OCH3 is 1. The molecule has 0 aliphatic heterocycles. The summed E-state index contributed by atoms with van der Waals surface area (Å²) in [6.45, 7) is 3.72. The molecule has 34 heavy (non-hydrogen) atoms. The Morgan fingerprint density at radius 2 is 1.82 bits per heavy atom. The maximum absolute atomic E-state index is 13.9. The lowest BCUT2D eigenvalue weighted by Crippen LogP contribution is -2.25. The standard InChI is InChI=1S/C26H28FNO6/c1-15(2)28-25(22-10-8-16(27)12-23(22)34-3)20(19-6-4-5-7-21(19)26(28)33)11-9-17(29)13-18(30)14-24(31)32/h4-12,15,17-18,29-30H,13-14H2,1-3H3,(H,31,32). The van der Waals surface area contributed by atoms with Crippen LogP contribution in [0.4, 0.5) is 4.39 Å². The predicted molar refractivity (Wildman–Crippen MR) is 128 cm³/mol. The van der Waals surface area contributed by atoms with E-state index in [4.69, 9.17) is 9.84 Å². The number of nitrogens with zero attached hydrogens (tertiary/aromatic N) is 1. The Bertz CT molecular complexity index is 1280. The average Bonchev–Trinajstić information content (AvgIpc) is 2.77. The molecular formula is C26H28FNO6. The summed E-state index contributed by atoms with van der Waals surface area (Å²) in [5.74, 6) is -1.40. The molecule has 0 aliphatic rings. The van der Waals surface area contributed by atoms with E-state index in [0.717, 1.165) is 0 Å². The minimum Gasteiger partial charge on any atom is -0.496 e. The summed E-state index contributed by atoms with van der Waals surface area (Å²) in [6, 6.07) is 10.9. The highest BCUT2D eigenvalue weighted by Crippen LogP contribution is 2.37. The molecule has 2 aromatic carbocycles. The zero-order valence-electron chi connectivity index (χ0n) is 19.2. The topological polar surface area (TPSA) is 109 Å². The minimum atomic E-state index is -1.21. The molecule has 0 radical (unpaired) electrons. The molecule has 0 saturated carbocycles. The smallest absolute Gasteiger partial charge is 0.305 e. The zero-order chi connectivity index (χ0) is 25.0. The molecule has 2 unspecified atom stereocenters. The monoisotopic (exact) mass is 469 g/mol. The van der Waals surface area contributed by atoms with Gasteiger partial charge < -0.3 is 24.6 Å². The molecule has 3 rings (SSSR count). The Kier molecular flexibility index (Phi) is 7.86. The highest BCUT2D eigenvalue weighted by Gasteiger charge is 2.22. The van der Waals surface area contributed by atoms with Crippen LogP contribution >= 0.6 is 0 Å². The van der Waals surface area contributed by atoms with Gasteiger partial charge in [0.15, 0.2) is 0 Å². The van der Waals surface area contributed by atoms with Gasteiger partial charge in [-0.3, -0.25) is 9.59 Å². The van der Waals surface area contributed by atoms with E-state index in [-0.39, 0.29) is 23.8 Å². The lowest BCUT2D eigenvalue weighted by Gasteiger charge is -2.23. The molecule has 1 aromatic heterocycles. The maximum atomic E-state index is 13.9. The largest absolute Gasteiger partial charge is 0.496 e. The van der Waals surface area contributed by atoms with E-state index in [9.17, 15) is 24.2 Å². The number of aliphatic hydroxyl groups is 2. The normalized spacial score (nSPS) is 13.5. The Morgan fingerprint density at radius 1 is 1.15 bits per heavy atom. The number of carboxylic acid groups (broad SMARTS) is 1. The highest BCUT2D eigenvalue weighted by molar-refractivity contribution is 5.96. The number of aliphatic hydroxyl groups excluding tert-OH is 2. The molecule has 0 amide bonds. The van der Waals surface area contributed by atoms with Crippen molar-refractivity contribution < 1.29 is 29.2 Å². The van der Waals surface area contributed by atoms with E-state index in [1.165, 1.54) is 25.3 Å². The Morgan fingerprint density at radius 3 is 2.44 bits per heavy atom. The van der Waals surface area contributed by atoms with Crippen LogP contribution in [0.5, 0.6) is 5.75 Å². The number of pyridine rings is 1. The first-order valence-electron chi connectivity index (χ1n) is 10.9. The van der Waals surface area contributed by atoms with Crippen molar-refractivity contribution in [3.63, 3.8) is 0 Å². The quantitative estimate of drug-likeness (QED) is 0.437. The number of aliphatic carboxylic acids is 1. The fourth-order valence-electron chi connectivity index (χ4n) is 4.04. The van der Waals surface area contributed by atoms with Gasteiger partial charge in [-0.05, 0) is 37.4 Å². The second kappa shape index (κ2) is 10.6. The van der Waals surface area contributed by atoms with Gasteiger partial charge in [-0.25, -0.2) is 4.39 Å². The fraction of sp³-hybridized carbons (Fsp3) is 0.308. The molecule has 7 nitrogen and oxygen atoms in total. The first-order valence-corrected chi connectivity index (χ1v) is 10.9. The van der Waals surface area contributed by atoms with Crippen LogP contribution in [-0.4, -0.2) is 45.2 Å². The summed E-state index contributed by atoms with van der Waals surface area (Å²) >= 11 is 0. The van der Waals surface area contributed by atoms with E-state index in [2.05, 4.69) is 0 Å². The third-order valence-electron chi connectivity index (χ3n) is 5.51. The molecule has 0 bridgehead atoms. The maximum Gasteiger partial charge on any atom is 0.305 e. The van der Waals surface area contributed by atoms with E-state index < -0.39 is 30.4 Å². The van der Waals surface area contributed by atoms with Crippen molar-refractivity contribution >= 4 is 22.8 Å². The fourth-order valence-corrected chi connectivity index (χ4v) is 4.04. The van der Waals surface area contributed by atoms with Crippen molar-refractivity contribution in [1.29, 1.82) is 0 Å². The number of rotatable bonds is 9. The van der Waals surface area contributed by atoms with Crippen molar-refractivity contribution in [1.82, 2.24) is 4.57 Å². The SMILES string of the molecule is COc1cc(F)ccc1-c1c(C=CC(O)CC(O)CC(=O)O)c2ccccc2c(=O)n1C(C)C. The minimum absolute atomic E-state index is 0.167. The van der Waals surface area contributed by atoms with Crippen LogP contribution in [0.15, 0.2) is 53.3 Å². The summed E-state index contributed by atoms with van der Waals surface area (Å²) < 4.78 is 21.0. The molecule has 2 atom stereocenters. The zero-order valence-corrected chi connectivity index (χ0v) is 19.2. The van der Waals surface area contributed by atoms with Crippen LogP contribution in [0.1, 0.15) is 38.3 Å². The molecule has 8 heteroatoms. The van der Waals surface area contributed by atoms with Gasteiger partial charge in [0, 0.05) is 35.0 Å². The van der Waals surface area contributed by atoms with E-state index in [0.29, 0.717) is 27.6 Å². The lowest BCUT2D eigenvalue weighted by molar-refractivity contribution is -0.139. The number of ether oxygens (including phenoxy) is 1. The van der Waals surface area contributed by atoms with Crippen molar-refractivity contribution in [2.24, 2.45) is 0 Å². The molecular weight excluding hydrogens is 441 g/mol. The molecule has 0 saturated heterocycles. The van der Waals surface area contributed by atoms with Gasteiger partial charge in [-0.15, -0.1) is 0 Å².